The minimum Gasteiger partial charge on any atom is -0.504 e. The first-order chi connectivity index (χ1) is 11.3. The van der Waals surface area contributed by atoms with Gasteiger partial charge in [-0.3, -0.25) is 4.79 Å². The quantitative estimate of drug-likeness (QED) is 0.611. The summed E-state index contributed by atoms with van der Waals surface area (Å²) in [4.78, 5) is 11.9. The molecule has 118 valence electrons. The minimum atomic E-state index is -0.656. The van der Waals surface area contributed by atoms with Gasteiger partial charge < -0.3 is 10.4 Å². The summed E-state index contributed by atoms with van der Waals surface area (Å²) in [6.07, 6.45) is 0. The fourth-order valence-corrected chi connectivity index (χ4v) is 3.39. The van der Waals surface area contributed by atoms with Crippen LogP contribution in [0.15, 0.2) is 58.0 Å². The molecule has 1 aliphatic carbocycles. The number of nitriles is 2. The number of allylic oxidation sites excluding steroid dienone is 5. The largest absolute Gasteiger partial charge is 0.504 e. The Labute approximate surface area is 139 Å². The maximum atomic E-state index is 11.9. The second kappa shape index (κ2) is 5.11. The molecule has 0 atom stereocenters. The highest BCUT2D eigenvalue weighted by Crippen LogP contribution is 2.47. The lowest BCUT2D eigenvalue weighted by Crippen LogP contribution is -2.27. The van der Waals surface area contributed by atoms with E-state index in [9.17, 15) is 9.90 Å². The number of anilines is 1. The molecule has 0 bridgehead atoms. The van der Waals surface area contributed by atoms with E-state index in [1.165, 1.54) is 0 Å². The first-order valence-electron chi connectivity index (χ1n) is 7.45. The summed E-state index contributed by atoms with van der Waals surface area (Å²) in [6, 6.07) is 11.3. The van der Waals surface area contributed by atoms with Crippen molar-refractivity contribution in [2.45, 2.75) is 26.2 Å². The van der Waals surface area contributed by atoms with Crippen molar-refractivity contribution in [3.05, 3.63) is 63.6 Å². The number of benzene rings is 1. The molecule has 1 aliphatic heterocycles. The number of aliphatic hydroxyl groups is 1. The molecule has 2 N–H and O–H groups in total. The van der Waals surface area contributed by atoms with E-state index < -0.39 is 11.5 Å². The van der Waals surface area contributed by atoms with Crippen molar-refractivity contribution in [2.75, 3.05) is 5.32 Å². The average molecular weight is 317 g/mol. The number of aliphatic hydroxyl groups excluding tert-OH is 1. The van der Waals surface area contributed by atoms with Crippen molar-refractivity contribution in [2.24, 2.45) is 0 Å². The molecule has 0 spiro atoms. The van der Waals surface area contributed by atoms with Crippen LogP contribution in [0.25, 0.3) is 0 Å². The molecule has 3 rings (SSSR count). The van der Waals surface area contributed by atoms with Crippen LogP contribution in [-0.4, -0.2) is 10.9 Å². The molecular weight excluding hydrogens is 302 g/mol. The number of nitrogens with one attached hydrogen (secondary N) is 1. The molecule has 0 fully saturated rings. The van der Waals surface area contributed by atoms with E-state index in [0.717, 1.165) is 16.9 Å². The Bertz CT molecular complexity index is 947. The third-order valence-corrected chi connectivity index (χ3v) is 4.64. The van der Waals surface area contributed by atoms with E-state index in [0.29, 0.717) is 5.57 Å². The zero-order valence-electron chi connectivity index (χ0n) is 13.6. The zero-order valence-corrected chi connectivity index (χ0v) is 13.6. The molecule has 0 amide bonds. The smallest absolute Gasteiger partial charge is 0.230 e. The van der Waals surface area contributed by atoms with Gasteiger partial charge in [-0.2, -0.15) is 10.5 Å². The standard InChI is InChI=1S/C19H15N3O2/c1-10(14-15(11(8-20)9-21)17(24)16(14)23)18-19(2,3)12-6-4-5-7-13(12)22-18/h4-7,22-23H,1-3H3. The van der Waals surface area contributed by atoms with Crippen molar-refractivity contribution >= 4 is 11.5 Å². The van der Waals surface area contributed by atoms with Crippen LogP contribution < -0.4 is 5.32 Å². The highest BCUT2D eigenvalue weighted by Gasteiger charge is 2.42. The third-order valence-electron chi connectivity index (χ3n) is 4.64. The maximum Gasteiger partial charge on any atom is 0.230 e. The van der Waals surface area contributed by atoms with E-state index in [2.05, 4.69) is 5.32 Å². The van der Waals surface area contributed by atoms with Gasteiger partial charge in [0.25, 0.3) is 0 Å². The molecule has 0 radical (unpaired) electrons. The van der Waals surface area contributed by atoms with E-state index in [4.69, 9.17) is 10.5 Å². The lowest BCUT2D eigenvalue weighted by molar-refractivity contribution is -0.115. The Morgan fingerprint density at radius 1 is 1.21 bits per heavy atom. The number of nitrogens with zero attached hydrogens (tertiary/aromatic N) is 2. The minimum absolute atomic E-state index is 0.00365. The van der Waals surface area contributed by atoms with Crippen molar-refractivity contribution in [1.29, 1.82) is 10.5 Å². The van der Waals surface area contributed by atoms with Crippen LogP contribution in [0.4, 0.5) is 5.69 Å². The van der Waals surface area contributed by atoms with Gasteiger partial charge in [0.15, 0.2) is 5.76 Å². The Kier molecular flexibility index (Phi) is 3.32. The lowest BCUT2D eigenvalue weighted by Gasteiger charge is -2.28. The highest BCUT2D eigenvalue weighted by molar-refractivity contribution is 6.21. The molecule has 0 aromatic heterocycles. The molecule has 1 aromatic rings. The van der Waals surface area contributed by atoms with Crippen LogP contribution in [-0.2, 0) is 10.2 Å². The number of ketones is 1. The van der Waals surface area contributed by atoms with Gasteiger partial charge in [0.2, 0.25) is 5.78 Å². The number of hydrogen-bond donors (Lipinski definition) is 2. The fraction of sp³-hybridized carbons (Fsp3) is 0.211. The summed E-state index contributed by atoms with van der Waals surface area (Å²) in [5.74, 6) is -1.05. The molecule has 0 unspecified atom stereocenters. The molecule has 1 heterocycles. The normalized spacial score (nSPS) is 19.7. The lowest BCUT2D eigenvalue weighted by atomic mass is 9.75. The first-order valence-corrected chi connectivity index (χ1v) is 7.45. The zero-order chi connectivity index (χ0) is 17.6. The number of carbonyl (C=O) groups excluding carboxylic acids is 1. The summed E-state index contributed by atoms with van der Waals surface area (Å²) in [6.45, 7) is 5.86. The maximum absolute atomic E-state index is 11.9. The van der Waals surface area contributed by atoms with Crippen molar-refractivity contribution < 1.29 is 9.90 Å². The Morgan fingerprint density at radius 3 is 2.42 bits per heavy atom. The monoisotopic (exact) mass is 317 g/mol. The SMILES string of the molecule is CC(C1=C(O)C(=O)C1=C(C#N)C#N)=C1Nc2ccccc2C1(C)C. The Balaban J connectivity index is 2.21. The van der Waals surface area contributed by atoms with E-state index >= 15 is 0 Å². The van der Waals surface area contributed by atoms with Crippen LogP contribution in [0.2, 0.25) is 0 Å². The predicted octanol–water partition coefficient (Wildman–Crippen LogP) is 3.40. The van der Waals surface area contributed by atoms with Crippen molar-refractivity contribution in [3.63, 3.8) is 0 Å². The second-order valence-corrected chi connectivity index (χ2v) is 6.32. The number of rotatable bonds is 1. The number of carbonyl (C=O) groups is 1. The van der Waals surface area contributed by atoms with Gasteiger partial charge in [-0.15, -0.1) is 0 Å². The molecule has 24 heavy (non-hydrogen) atoms. The molecule has 2 aliphatic rings. The Morgan fingerprint density at radius 2 is 1.83 bits per heavy atom. The molecule has 5 nitrogen and oxygen atoms in total. The predicted molar refractivity (Wildman–Crippen MR) is 88.7 cm³/mol. The summed E-state index contributed by atoms with van der Waals surface area (Å²) >= 11 is 0. The van der Waals surface area contributed by atoms with Crippen LogP contribution in [0.5, 0.6) is 0 Å². The highest BCUT2D eigenvalue weighted by atomic mass is 16.3. The third kappa shape index (κ3) is 1.89. The van der Waals surface area contributed by atoms with Gasteiger partial charge in [0, 0.05) is 22.4 Å². The fourth-order valence-electron chi connectivity index (χ4n) is 3.39. The molecule has 0 saturated carbocycles. The number of fused-ring (bicyclic) bond motifs is 1. The average Bonchev–Trinajstić information content (AvgIpc) is 2.85. The van der Waals surface area contributed by atoms with Gasteiger partial charge in [-0.1, -0.05) is 32.0 Å². The Hall–Kier alpha value is -3.31. The van der Waals surface area contributed by atoms with Gasteiger partial charge >= 0.3 is 0 Å². The summed E-state index contributed by atoms with van der Waals surface area (Å²) in [5, 5.41) is 31.5. The second-order valence-electron chi connectivity index (χ2n) is 6.32. The van der Waals surface area contributed by atoms with Crippen LogP contribution >= 0.6 is 0 Å². The topological polar surface area (TPSA) is 96.9 Å². The van der Waals surface area contributed by atoms with Crippen LogP contribution in [0, 0.1) is 22.7 Å². The van der Waals surface area contributed by atoms with Gasteiger partial charge in [0.1, 0.15) is 17.7 Å². The summed E-state index contributed by atoms with van der Waals surface area (Å²) in [7, 11) is 0. The van der Waals surface area contributed by atoms with Crippen LogP contribution in [0.3, 0.4) is 0 Å². The number of hydrogen-bond acceptors (Lipinski definition) is 5. The molecule has 0 saturated heterocycles. The van der Waals surface area contributed by atoms with E-state index in [-0.39, 0.29) is 22.1 Å². The van der Waals surface area contributed by atoms with Gasteiger partial charge in [-0.25, -0.2) is 0 Å². The molecular formula is C19H15N3O2. The first kappa shape index (κ1) is 15.6. The number of para-hydroxylation sites is 1. The van der Waals surface area contributed by atoms with Crippen molar-refractivity contribution in [1.82, 2.24) is 0 Å². The van der Waals surface area contributed by atoms with E-state index in [1.54, 1.807) is 19.1 Å². The molecule has 1 aromatic carbocycles. The number of Topliss-reactive ketones (excluding diaryl/α,β-unsaturated/α-hetero) is 1. The van der Waals surface area contributed by atoms with Crippen molar-refractivity contribution in [3.8, 4) is 12.1 Å². The van der Waals surface area contributed by atoms with E-state index in [1.807, 2.05) is 38.1 Å². The van der Waals surface area contributed by atoms with Gasteiger partial charge in [0.05, 0.1) is 5.57 Å². The summed E-state index contributed by atoms with van der Waals surface area (Å²) < 4.78 is 0. The van der Waals surface area contributed by atoms with Crippen LogP contribution in [0.1, 0.15) is 26.3 Å². The van der Waals surface area contributed by atoms with Gasteiger partial charge in [-0.05, 0) is 24.1 Å². The molecule has 5 heteroatoms. The summed E-state index contributed by atoms with van der Waals surface area (Å²) in [5.41, 5.74) is 3.22.